The fraction of sp³-hybridized carbons (Fsp3) is 0.667. The van der Waals surface area contributed by atoms with Crippen LogP contribution in [0.5, 0.6) is 0 Å². The van der Waals surface area contributed by atoms with Crippen LogP contribution < -0.4 is 4.90 Å². The van der Waals surface area contributed by atoms with Crippen molar-refractivity contribution in [3.63, 3.8) is 0 Å². The molecule has 88 valence electrons. The summed E-state index contributed by atoms with van der Waals surface area (Å²) in [6.07, 6.45) is 1.23. The van der Waals surface area contributed by atoms with Crippen molar-refractivity contribution < 1.29 is 0 Å². The lowest BCUT2D eigenvalue weighted by molar-refractivity contribution is 0.550. The van der Waals surface area contributed by atoms with Crippen LogP contribution in [0.4, 0.5) is 5.95 Å². The average Bonchev–Trinajstić information content (AvgIpc) is 2.58. The van der Waals surface area contributed by atoms with E-state index in [-0.39, 0.29) is 0 Å². The number of aromatic nitrogens is 2. The van der Waals surface area contributed by atoms with E-state index in [4.69, 9.17) is 0 Å². The average molecular weight is 284 g/mol. The number of hydrogen-bond donors (Lipinski definition) is 0. The van der Waals surface area contributed by atoms with E-state index in [0.717, 1.165) is 29.2 Å². The lowest BCUT2D eigenvalue weighted by Crippen LogP contribution is -2.34. The molecule has 2 unspecified atom stereocenters. The summed E-state index contributed by atoms with van der Waals surface area (Å²) >= 11 is 3.59. The highest BCUT2D eigenvalue weighted by Crippen LogP contribution is 2.28. The van der Waals surface area contributed by atoms with Crippen molar-refractivity contribution in [2.45, 2.75) is 33.2 Å². The molecule has 0 radical (unpaired) electrons. The molecular weight excluding hydrogens is 266 g/mol. The highest BCUT2D eigenvalue weighted by atomic mass is 79.9. The van der Waals surface area contributed by atoms with Gasteiger partial charge in [0.05, 0.1) is 0 Å². The molecule has 0 bridgehead atoms. The van der Waals surface area contributed by atoms with Gasteiger partial charge >= 0.3 is 0 Å². The Morgan fingerprint density at radius 1 is 1.38 bits per heavy atom. The molecule has 1 fully saturated rings. The Bertz CT molecular complexity index is 360. The Balaban J connectivity index is 2.29. The van der Waals surface area contributed by atoms with E-state index in [1.807, 2.05) is 19.9 Å². The van der Waals surface area contributed by atoms with Gasteiger partial charge in [-0.1, -0.05) is 22.9 Å². The molecule has 1 aromatic rings. The number of hydrogen-bond acceptors (Lipinski definition) is 3. The minimum atomic E-state index is 0.529. The first-order valence-electron chi connectivity index (χ1n) is 5.76. The molecule has 2 atom stereocenters. The van der Waals surface area contributed by atoms with Gasteiger partial charge < -0.3 is 4.90 Å². The van der Waals surface area contributed by atoms with Gasteiger partial charge in [0.25, 0.3) is 0 Å². The molecule has 1 aliphatic heterocycles. The van der Waals surface area contributed by atoms with Gasteiger partial charge in [-0.15, -0.1) is 0 Å². The van der Waals surface area contributed by atoms with Gasteiger partial charge in [-0.05, 0) is 32.3 Å². The van der Waals surface area contributed by atoms with Gasteiger partial charge in [0, 0.05) is 29.3 Å². The first-order chi connectivity index (χ1) is 7.61. The summed E-state index contributed by atoms with van der Waals surface area (Å²) in [5.41, 5.74) is 2.10. The van der Waals surface area contributed by atoms with Gasteiger partial charge in [0.2, 0.25) is 5.95 Å². The predicted octanol–water partition coefficient (Wildman–Crippen LogP) is 2.70. The van der Waals surface area contributed by atoms with Crippen LogP contribution in [0.1, 0.15) is 24.7 Å². The molecule has 1 aromatic heterocycles. The van der Waals surface area contributed by atoms with Crippen LogP contribution in [0.3, 0.4) is 0 Å². The molecule has 4 heteroatoms. The zero-order valence-electron chi connectivity index (χ0n) is 10.1. The van der Waals surface area contributed by atoms with Crippen LogP contribution in [0, 0.1) is 19.8 Å². The van der Waals surface area contributed by atoms with Crippen molar-refractivity contribution in [1.82, 2.24) is 9.97 Å². The molecule has 0 aliphatic carbocycles. The van der Waals surface area contributed by atoms with E-state index >= 15 is 0 Å². The molecule has 2 heterocycles. The van der Waals surface area contributed by atoms with Crippen molar-refractivity contribution in [1.29, 1.82) is 0 Å². The molecule has 1 saturated heterocycles. The quantitative estimate of drug-likeness (QED) is 0.782. The van der Waals surface area contributed by atoms with Crippen molar-refractivity contribution in [3.05, 3.63) is 17.5 Å². The van der Waals surface area contributed by atoms with Gasteiger partial charge in [-0.2, -0.15) is 0 Å². The smallest absolute Gasteiger partial charge is 0.226 e. The Hall–Kier alpha value is -0.640. The Kier molecular flexibility index (Phi) is 3.47. The van der Waals surface area contributed by atoms with Crippen LogP contribution in [-0.2, 0) is 0 Å². The van der Waals surface area contributed by atoms with Crippen LogP contribution >= 0.6 is 15.9 Å². The molecule has 2 rings (SSSR count). The number of anilines is 1. The Labute approximate surface area is 105 Å². The van der Waals surface area contributed by atoms with E-state index < -0.39 is 0 Å². The van der Waals surface area contributed by atoms with Gasteiger partial charge in [0.15, 0.2) is 0 Å². The number of alkyl halides is 1. The summed E-state index contributed by atoms with van der Waals surface area (Å²) in [6.45, 7) is 7.43. The minimum Gasteiger partial charge on any atom is -0.337 e. The fourth-order valence-corrected chi connectivity index (χ4v) is 3.32. The number of rotatable bonds is 2. The maximum atomic E-state index is 4.54. The first-order valence-corrected chi connectivity index (χ1v) is 6.89. The minimum absolute atomic E-state index is 0.529. The van der Waals surface area contributed by atoms with Crippen LogP contribution in [0.15, 0.2) is 6.07 Å². The predicted molar refractivity (Wildman–Crippen MR) is 70.2 cm³/mol. The maximum Gasteiger partial charge on any atom is 0.226 e. The SMILES string of the molecule is Cc1cc(C)nc(N2CCC(C)C2CBr)n1. The molecule has 0 N–H and O–H groups in total. The largest absolute Gasteiger partial charge is 0.337 e. The number of aryl methyl sites for hydroxylation is 2. The molecule has 3 nitrogen and oxygen atoms in total. The second-order valence-electron chi connectivity index (χ2n) is 4.63. The summed E-state index contributed by atoms with van der Waals surface area (Å²) in [4.78, 5) is 11.4. The highest BCUT2D eigenvalue weighted by molar-refractivity contribution is 9.09. The number of halogens is 1. The number of nitrogens with zero attached hydrogens (tertiary/aromatic N) is 3. The standard InChI is InChI=1S/C12H18BrN3/c1-8-4-5-16(11(8)7-13)12-14-9(2)6-10(3)15-12/h6,8,11H,4-5,7H2,1-3H3. The van der Waals surface area contributed by atoms with Gasteiger partial charge in [0.1, 0.15) is 0 Å². The van der Waals surface area contributed by atoms with E-state index in [1.54, 1.807) is 0 Å². The molecule has 16 heavy (non-hydrogen) atoms. The van der Waals surface area contributed by atoms with E-state index in [0.29, 0.717) is 12.0 Å². The van der Waals surface area contributed by atoms with Crippen LogP contribution in [0.25, 0.3) is 0 Å². The monoisotopic (exact) mass is 283 g/mol. The highest BCUT2D eigenvalue weighted by Gasteiger charge is 2.31. The topological polar surface area (TPSA) is 29.0 Å². The van der Waals surface area contributed by atoms with Crippen molar-refractivity contribution in [3.8, 4) is 0 Å². The van der Waals surface area contributed by atoms with Crippen molar-refractivity contribution in [2.75, 3.05) is 16.8 Å². The molecule has 0 spiro atoms. The van der Waals surface area contributed by atoms with Crippen LogP contribution in [0.2, 0.25) is 0 Å². The first kappa shape index (κ1) is 11.8. The third kappa shape index (κ3) is 2.21. The molecule has 0 amide bonds. The molecule has 1 aliphatic rings. The van der Waals surface area contributed by atoms with Gasteiger partial charge in [-0.25, -0.2) is 9.97 Å². The van der Waals surface area contributed by atoms with E-state index in [1.165, 1.54) is 6.42 Å². The Morgan fingerprint density at radius 3 is 2.56 bits per heavy atom. The van der Waals surface area contributed by atoms with E-state index in [2.05, 4.69) is 37.7 Å². The second kappa shape index (κ2) is 4.70. The Morgan fingerprint density at radius 2 is 2.00 bits per heavy atom. The summed E-state index contributed by atoms with van der Waals surface area (Å²) in [6, 6.07) is 2.55. The van der Waals surface area contributed by atoms with Crippen molar-refractivity contribution in [2.24, 2.45) is 5.92 Å². The molecule has 0 aromatic carbocycles. The third-order valence-electron chi connectivity index (χ3n) is 3.27. The zero-order valence-corrected chi connectivity index (χ0v) is 11.7. The lowest BCUT2D eigenvalue weighted by Gasteiger charge is -2.25. The normalized spacial score (nSPS) is 25.1. The summed E-state index contributed by atoms with van der Waals surface area (Å²) < 4.78 is 0. The summed E-state index contributed by atoms with van der Waals surface area (Å²) in [5.74, 6) is 1.61. The summed E-state index contributed by atoms with van der Waals surface area (Å²) in [5, 5.41) is 0.991. The lowest BCUT2D eigenvalue weighted by atomic mass is 10.1. The van der Waals surface area contributed by atoms with E-state index in [9.17, 15) is 0 Å². The third-order valence-corrected chi connectivity index (χ3v) is 3.93. The van der Waals surface area contributed by atoms with Gasteiger partial charge in [-0.3, -0.25) is 0 Å². The summed E-state index contributed by atoms with van der Waals surface area (Å²) in [7, 11) is 0. The van der Waals surface area contributed by atoms with Crippen LogP contribution in [-0.4, -0.2) is 27.9 Å². The molecule has 0 saturated carbocycles. The molecular formula is C12H18BrN3. The fourth-order valence-electron chi connectivity index (χ4n) is 2.33. The maximum absolute atomic E-state index is 4.54. The van der Waals surface area contributed by atoms with Crippen molar-refractivity contribution >= 4 is 21.9 Å². The zero-order chi connectivity index (χ0) is 11.7. The second-order valence-corrected chi connectivity index (χ2v) is 5.28.